The van der Waals surface area contributed by atoms with Crippen LogP contribution >= 0.6 is 0 Å². The molecule has 1 aliphatic rings. The van der Waals surface area contributed by atoms with Gasteiger partial charge in [-0.3, -0.25) is 4.90 Å². The Morgan fingerprint density at radius 3 is 2.73 bits per heavy atom. The summed E-state index contributed by atoms with van der Waals surface area (Å²) in [6.07, 6.45) is 0. The first-order valence-corrected chi connectivity index (χ1v) is 7.47. The zero-order valence-corrected chi connectivity index (χ0v) is 12.6. The van der Waals surface area contributed by atoms with Crippen LogP contribution in [-0.4, -0.2) is 30.1 Å². The zero-order chi connectivity index (χ0) is 15.4. The van der Waals surface area contributed by atoms with E-state index < -0.39 is 0 Å². The fraction of sp³-hybridized carbons (Fsp3) is 0.333. The smallest absolute Gasteiger partial charge is 0.213 e. The molecule has 0 unspecified atom stereocenters. The molecule has 1 aromatic heterocycles. The SMILES string of the molecule is COc1cccc([C@@H]2CN(Cc3ccccc3)C[C@H]2C#N)n1. The number of hydrogen-bond donors (Lipinski definition) is 0. The van der Waals surface area contributed by atoms with E-state index >= 15 is 0 Å². The summed E-state index contributed by atoms with van der Waals surface area (Å²) in [5.41, 5.74) is 2.22. The lowest BCUT2D eigenvalue weighted by Crippen LogP contribution is -2.20. The van der Waals surface area contributed by atoms with Crippen molar-refractivity contribution in [1.29, 1.82) is 5.26 Å². The average Bonchev–Trinajstić information content (AvgIpc) is 2.99. The van der Waals surface area contributed by atoms with E-state index in [0.717, 1.165) is 25.3 Å². The van der Waals surface area contributed by atoms with Gasteiger partial charge in [-0.2, -0.15) is 5.26 Å². The molecule has 2 atom stereocenters. The van der Waals surface area contributed by atoms with Gasteiger partial charge in [0.2, 0.25) is 5.88 Å². The van der Waals surface area contributed by atoms with Crippen molar-refractivity contribution >= 4 is 0 Å². The van der Waals surface area contributed by atoms with Gasteiger partial charge in [0, 0.05) is 31.6 Å². The molecule has 2 heterocycles. The summed E-state index contributed by atoms with van der Waals surface area (Å²) in [4.78, 5) is 6.84. The van der Waals surface area contributed by atoms with Gasteiger partial charge >= 0.3 is 0 Å². The van der Waals surface area contributed by atoms with Gasteiger partial charge in [0.25, 0.3) is 0 Å². The highest BCUT2D eigenvalue weighted by atomic mass is 16.5. The maximum atomic E-state index is 9.47. The van der Waals surface area contributed by atoms with Crippen LogP contribution in [0.15, 0.2) is 48.5 Å². The molecule has 22 heavy (non-hydrogen) atoms. The molecule has 0 saturated carbocycles. The maximum absolute atomic E-state index is 9.47. The molecule has 1 saturated heterocycles. The number of benzene rings is 1. The third-order valence-corrected chi connectivity index (χ3v) is 4.14. The summed E-state index contributed by atoms with van der Waals surface area (Å²) in [5.74, 6) is 0.725. The van der Waals surface area contributed by atoms with Gasteiger partial charge in [-0.25, -0.2) is 4.98 Å². The molecule has 1 aromatic carbocycles. The third-order valence-electron chi connectivity index (χ3n) is 4.14. The first-order chi connectivity index (χ1) is 10.8. The summed E-state index contributed by atoms with van der Waals surface area (Å²) < 4.78 is 5.20. The van der Waals surface area contributed by atoms with Crippen LogP contribution in [0.3, 0.4) is 0 Å². The molecule has 0 N–H and O–H groups in total. The Bertz CT molecular complexity index is 666. The number of rotatable bonds is 4. The second-order valence-corrected chi connectivity index (χ2v) is 5.63. The lowest BCUT2D eigenvalue weighted by Gasteiger charge is -2.15. The minimum absolute atomic E-state index is 0.0247. The van der Waals surface area contributed by atoms with E-state index in [4.69, 9.17) is 4.74 Å². The lowest BCUT2D eigenvalue weighted by atomic mass is 9.94. The van der Waals surface area contributed by atoms with Crippen molar-refractivity contribution in [2.24, 2.45) is 5.92 Å². The molecule has 4 heteroatoms. The van der Waals surface area contributed by atoms with Gasteiger partial charge in [0.15, 0.2) is 0 Å². The Labute approximate surface area is 131 Å². The number of nitrogens with zero attached hydrogens (tertiary/aromatic N) is 3. The fourth-order valence-electron chi connectivity index (χ4n) is 3.04. The van der Waals surface area contributed by atoms with Crippen LogP contribution in [0.4, 0.5) is 0 Å². The molecule has 2 aromatic rings. The zero-order valence-electron chi connectivity index (χ0n) is 12.6. The topological polar surface area (TPSA) is 49.1 Å². The standard InChI is InChI=1S/C18H19N3O/c1-22-18-9-5-8-17(20-18)16-13-21(12-15(16)10-19)11-14-6-3-2-4-7-14/h2-9,15-16H,11-13H2,1H3/t15-,16-/m1/s1. The van der Waals surface area contributed by atoms with Gasteiger partial charge in [-0.15, -0.1) is 0 Å². The minimum atomic E-state index is -0.0247. The number of hydrogen-bond acceptors (Lipinski definition) is 4. The van der Waals surface area contributed by atoms with Gasteiger partial charge < -0.3 is 4.74 Å². The van der Waals surface area contributed by atoms with Gasteiger partial charge in [-0.05, 0) is 11.6 Å². The Morgan fingerprint density at radius 2 is 2.00 bits per heavy atom. The molecule has 112 valence electrons. The van der Waals surface area contributed by atoms with Crippen molar-refractivity contribution in [3.63, 3.8) is 0 Å². The number of ether oxygens (including phenoxy) is 1. The summed E-state index contributed by atoms with van der Waals surface area (Å²) >= 11 is 0. The molecule has 0 spiro atoms. The highest BCUT2D eigenvalue weighted by Gasteiger charge is 2.34. The van der Waals surface area contributed by atoms with Crippen LogP contribution in [-0.2, 0) is 6.54 Å². The van der Waals surface area contributed by atoms with Gasteiger partial charge in [-0.1, -0.05) is 36.4 Å². The first kappa shape index (κ1) is 14.6. The summed E-state index contributed by atoms with van der Waals surface area (Å²) in [6.45, 7) is 2.52. The molecule has 1 fully saturated rings. The molecule has 4 nitrogen and oxygen atoms in total. The predicted molar refractivity (Wildman–Crippen MR) is 84.4 cm³/mol. The monoisotopic (exact) mass is 293 g/mol. The predicted octanol–water partition coefficient (Wildman–Crippen LogP) is 2.83. The molecule has 3 rings (SSSR count). The number of pyridine rings is 1. The van der Waals surface area contributed by atoms with Gasteiger partial charge in [0.05, 0.1) is 24.8 Å². The number of aromatic nitrogens is 1. The number of nitriles is 1. The third kappa shape index (κ3) is 3.10. The Kier molecular flexibility index (Phi) is 4.36. The summed E-state index contributed by atoms with van der Waals surface area (Å²) in [5, 5.41) is 9.47. The van der Waals surface area contributed by atoms with E-state index in [-0.39, 0.29) is 11.8 Å². The van der Waals surface area contributed by atoms with Crippen molar-refractivity contribution in [2.75, 3.05) is 20.2 Å². The molecular weight excluding hydrogens is 274 g/mol. The van der Waals surface area contributed by atoms with Crippen molar-refractivity contribution in [2.45, 2.75) is 12.5 Å². The van der Waals surface area contributed by atoms with E-state index in [0.29, 0.717) is 5.88 Å². The van der Waals surface area contributed by atoms with Crippen LogP contribution < -0.4 is 4.74 Å². The highest BCUT2D eigenvalue weighted by molar-refractivity contribution is 5.23. The van der Waals surface area contributed by atoms with Crippen molar-refractivity contribution in [3.8, 4) is 11.9 Å². The quantitative estimate of drug-likeness (QED) is 0.869. The normalized spacial score (nSPS) is 21.5. The van der Waals surface area contributed by atoms with Crippen molar-refractivity contribution < 1.29 is 4.74 Å². The summed E-state index contributed by atoms with van der Waals surface area (Å²) in [7, 11) is 1.62. The van der Waals surface area contributed by atoms with E-state index in [1.807, 2.05) is 36.4 Å². The van der Waals surface area contributed by atoms with Crippen molar-refractivity contribution in [3.05, 3.63) is 59.8 Å². The van der Waals surface area contributed by atoms with Crippen LogP contribution in [0.5, 0.6) is 5.88 Å². The maximum Gasteiger partial charge on any atom is 0.213 e. The second-order valence-electron chi connectivity index (χ2n) is 5.63. The average molecular weight is 293 g/mol. The Balaban J connectivity index is 1.76. The van der Waals surface area contributed by atoms with Gasteiger partial charge in [0.1, 0.15) is 0 Å². The Hall–Kier alpha value is -2.38. The first-order valence-electron chi connectivity index (χ1n) is 7.47. The molecule has 0 bridgehead atoms. The van der Waals surface area contributed by atoms with Crippen molar-refractivity contribution in [1.82, 2.24) is 9.88 Å². The molecule has 1 aliphatic heterocycles. The van der Waals surface area contributed by atoms with Crippen LogP contribution in [0, 0.1) is 17.2 Å². The van der Waals surface area contributed by atoms with E-state index in [2.05, 4.69) is 28.1 Å². The lowest BCUT2D eigenvalue weighted by molar-refractivity contribution is 0.322. The molecule has 0 amide bonds. The Morgan fingerprint density at radius 1 is 1.18 bits per heavy atom. The summed E-state index contributed by atoms with van der Waals surface area (Å²) in [6, 6.07) is 18.6. The largest absolute Gasteiger partial charge is 0.481 e. The van der Waals surface area contributed by atoms with E-state index in [1.165, 1.54) is 5.56 Å². The number of methoxy groups -OCH3 is 1. The van der Waals surface area contributed by atoms with E-state index in [1.54, 1.807) is 7.11 Å². The molecule has 0 aliphatic carbocycles. The second kappa shape index (κ2) is 6.59. The van der Waals surface area contributed by atoms with Crippen LogP contribution in [0.1, 0.15) is 17.2 Å². The fourth-order valence-corrected chi connectivity index (χ4v) is 3.04. The van der Waals surface area contributed by atoms with E-state index in [9.17, 15) is 5.26 Å². The molecule has 0 radical (unpaired) electrons. The molecular formula is C18H19N3O. The van der Waals surface area contributed by atoms with Crippen LogP contribution in [0.2, 0.25) is 0 Å². The van der Waals surface area contributed by atoms with Crippen LogP contribution in [0.25, 0.3) is 0 Å². The highest BCUT2D eigenvalue weighted by Crippen LogP contribution is 2.32. The number of likely N-dealkylation sites (tertiary alicyclic amines) is 1. The minimum Gasteiger partial charge on any atom is -0.481 e.